The highest BCUT2D eigenvalue weighted by molar-refractivity contribution is 6.31. The van der Waals surface area contributed by atoms with Crippen molar-refractivity contribution in [1.82, 2.24) is 0 Å². The molecule has 0 aliphatic heterocycles. The van der Waals surface area contributed by atoms with E-state index in [-0.39, 0.29) is 11.3 Å². The molecule has 18 heavy (non-hydrogen) atoms. The molecule has 0 saturated heterocycles. The molecule has 0 radical (unpaired) electrons. The number of amides is 1. The van der Waals surface area contributed by atoms with Gasteiger partial charge in [-0.2, -0.15) is 0 Å². The zero-order valence-corrected chi connectivity index (χ0v) is 11.5. The van der Waals surface area contributed by atoms with E-state index in [1.807, 2.05) is 0 Å². The second-order valence-corrected chi connectivity index (χ2v) is 7.17. The van der Waals surface area contributed by atoms with E-state index in [1.165, 1.54) is 0 Å². The molecule has 1 amide bonds. The largest absolute Gasteiger partial charge is 0.368 e. The molecule has 0 aromatic carbocycles. The normalized spacial score (nSPS) is 47.0. The first-order valence-electron chi connectivity index (χ1n) is 6.87. The lowest BCUT2D eigenvalue weighted by Gasteiger charge is -2.60. The molecule has 0 aromatic heterocycles. The van der Waals surface area contributed by atoms with E-state index in [0.29, 0.717) is 23.5 Å². The van der Waals surface area contributed by atoms with Gasteiger partial charge in [0.05, 0.1) is 0 Å². The Labute approximate surface area is 112 Å². The van der Waals surface area contributed by atoms with Crippen LogP contribution in [0.5, 0.6) is 0 Å². The minimum atomic E-state index is -0.557. The Hall–Kier alpha value is -0.570. The quantitative estimate of drug-likeness (QED) is 0.798. The Morgan fingerprint density at radius 3 is 2.22 bits per heavy atom. The first-order valence-corrected chi connectivity index (χ1v) is 7.30. The summed E-state index contributed by atoms with van der Waals surface area (Å²) >= 11 is 6.30. The molecule has 4 fully saturated rings. The summed E-state index contributed by atoms with van der Waals surface area (Å²) in [5.41, 5.74) is 5.30. The summed E-state index contributed by atoms with van der Waals surface area (Å²) in [5.74, 6) is 1.68. The van der Waals surface area contributed by atoms with E-state index in [4.69, 9.17) is 17.3 Å². The van der Waals surface area contributed by atoms with Gasteiger partial charge in [0.2, 0.25) is 5.91 Å². The van der Waals surface area contributed by atoms with Gasteiger partial charge in [0.15, 0.2) is 0 Å². The van der Waals surface area contributed by atoms with Crippen LogP contribution in [-0.4, -0.2) is 17.1 Å². The van der Waals surface area contributed by atoms with Crippen molar-refractivity contribution in [1.29, 1.82) is 0 Å². The second-order valence-electron chi connectivity index (χ2n) is 6.73. The SMILES string of the molecule is CC(=O)C1C2CC3CC1CC(C(Cl)C(N)=O)(C3)C2. The maximum atomic E-state index is 11.8. The molecule has 4 rings (SSSR count). The second kappa shape index (κ2) is 3.96. The lowest BCUT2D eigenvalue weighted by Crippen LogP contribution is -2.57. The van der Waals surface area contributed by atoms with Crippen LogP contribution >= 0.6 is 11.6 Å². The molecule has 4 heteroatoms. The third-order valence-electron chi connectivity index (χ3n) is 5.58. The smallest absolute Gasteiger partial charge is 0.236 e. The number of hydrogen-bond donors (Lipinski definition) is 1. The van der Waals surface area contributed by atoms with Crippen molar-refractivity contribution in [3.63, 3.8) is 0 Å². The van der Waals surface area contributed by atoms with E-state index in [2.05, 4.69) is 0 Å². The fraction of sp³-hybridized carbons (Fsp3) is 0.857. The van der Waals surface area contributed by atoms with E-state index in [0.717, 1.165) is 32.1 Å². The summed E-state index contributed by atoms with van der Waals surface area (Å²) in [7, 11) is 0. The Morgan fingerprint density at radius 1 is 1.22 bits per heavy atom. The molecule has 4 saturated carbocycles. The lowest BCUT2D eigenvalue weighted by atomic mass is 9.45. The first-order chi connectivity index (χ1) is 8.43. The molecule has 0 heterocycles. The van der Waals surface area contributed by atoms with Crippen LogP contribution in [-0.2, 0) is 9.59 Å². The Morgan fingerprint density at radius 2 is 1.78 bits per heavy atom. The fourth-order valence-corrected chi connectivity index (χ4v) is 5.63. The van der Waals surface area contributed by atoms with Gasteiger partial charge in [-0.15, -0.1) is 11.6 Å². The molecular formula is C14H20ClNO2. The van der Waals surface area contributed by atoms with E-state index >= 15 is 0 Å². The van der Waals surface area contributed by atoms with Crippen LogP contribution in [0.15, 0.2) is 0 Å². The predicted molar refractivity (Wildman–Crippen MR) is 69.0 cm³/mol. The van der Waals surface area contributed by atoms with Crippen LogP contribution in [0.2, 0.25) is 0 Å². The number of rotatable bonds is 3. The highest BCUT2D eigenvalue weighted by Gasteiger charge is 2.59. The molecule has 4 aliphatic rings. The number of nitrogens with two attached hydrogens (primary N) is 1. The molecule has 3 atom stereocenters. The highest BCUT2D eigenvalue weighted by atomic mass is 35.5. The minimum Gasteiger partial charge on any atom is -0.368 e. The van der Waals surface area contributed by atoms with E-state index < -0.39 is 11.3 Å². The molecule has 0 aromatic rings. The molecule has 2 N–H and O–H groups in total. The summed E-state index contributed by atoms with van der Waals surface area (Å²) in [5, 5.41) is -0.557. The molecule has 100 valence electrons. The highest BCUT2D eigenvalue weighted by Crippen LogP contribution is 2.64. The van der Waals surface area contributed by atoms with Crippen molar-refractivity contribution in [3.8, 4) is 0 Å². The zero-order chi connectivity index (χ0) is 13.1. The maximum absolute atomic E-state index is 11.8. The van der Waals surface area contributed by atoms with Gasteiger partial charge in [-0.05, 0) is 62.2 Å². The number of ketones is 1. The maximum Gasteiger partial charge on any atom is 0.236 e. The Bertz CT molecular complexity index is 393. The first kappa shape index (κ1) is 12.5. The van der Waals surface area contributed by atoms with Crippen molar-refractivity contribution in [2.45, 2.75) is 44.4 Å². The van der Waals surface area contributed by atoms with E-state index in [1.54, 1.807) is 6.92 Å². The number of alkyl halides is 1. The van der Waals surface area contributed by atoms with Gasteiger partial charge in [0, 0.05) is 5.92 Å². The van der Waals surface area contributed by atoms with Crippen molar-refractivity contribution < 1.29 is 9.59 Å². The van der Waals surface area contributed by atoms with Gasteiger partial charge in [0.25, 0.3) is 0 Å². The molecule has 3 unspecified atom stereocenters. The molecule has 3 nitrogen and oxygen atoms in total. The number of carbonyl (C=O) groups is 2. The Balaban J connectivity index is 1.91. The fourth-order valence-electron chi connectivity index (χ4n) is 5.36. The van der Waals surface area contributed by atoms with Crippen LogP contribution < -0.4 is 5.73 Å². The van der Waals surface area contributed by atoms with Gasteiger partial charge in [-0.3, -0.25) is 9.59 Å². The zero-order valence-electron chi connectivity index (χ0n) is 10.7. The van der Waals surface area contributed by atoms with E-state index in [9.17, 15) is 9.59 Å². The number of primary amides is 1. The molecule has 4 bridgehead atoms. The van der Waals surface area contributed by atoms with Gasteiger partial charge < -0.3 is 5.73 Å². The van der Waals surface area contributed by atoms with Gasteiger partial charge >= 0.3 is 0 Å². The van der Waals surface area contributed by atoms with Crippen molar-refractivity contribution >= 4 is 23.3 Å². The van der Waals surface area contributed by atoms with Crippen LogP contribution in [0.3, 0.4) is 0 Å². The Kier molecular flexibility index (Phi) is 2.74. The lowest BCUT2D eigenvalue weighted by molar-refractivity contribution is -0.145. The molecule has 0 spiro atoms. The number of hydrogen-bond acceptors (Lipinski definition) is 2. The van der Waals surface area contributed by atoms with Crippen LogP contribution in [0.1, 0.15) is 39.0 Å². The summed E-state index contributed by atoms with van der Waals surface area (Å²) in [4.78, 5) is 23.3. The number of Topliss-reactive ketones (excluding diaryl/α,β-unsaturated/α-hetero) is 1. The topological polar surface area (TPSA) is 60.2 Å². The van der Waals surface area contributed by atoms with Crippen LogP contribution in [0, 0.1) is 29.1 Å². The minimum absolute atomic E-state index is 0.115. The summed E-state index contributed by atoms with van der Waals surface area (Å²) < 4.78 is 0. The molecule has 4 aliphatic carbocycles. The van der Waals surface area contributed by atoms with Gasteiger partial charge in [-0.1, -0.05) is 0 Å². The number of halogens is 1. The average Bonchev–Trinajstić information content (AvgIpc) is 2.25. The summed E-state index contributed by atoms with van der Waals surface area (Å²) in [6, 6.07) is 0. The van der Waals surface area contributed by atoms with Crippen LogP contribution in [0.25, 0.3) is 0 Å². The van der Waals surface area contributed by atoms with Gasteiger partial charge in [-0.25, -0.2) is 0 Å². The summed E-state index contributed by atoms with van der Waals surface area (Å²) in [6.07, 6.45) is 5.15. The third kappa shape index (κ3) is 1.63. The van der Waals surface area contributed by atoms with Crippen molar-refractivity contribution in [2.75, 3.05) is 0 Å². The van der Waals surface area contributed by atoms with Crippen LogP contribution in [0.4, 0.5) is 0 Å². The number of carbonyl (C=O) groups excluding carboxylic acids is 2. The summed E-state index contributed by atoms with van der Waals surface area (Å²) in [6.45, 7) is 1.71. The predicted octanol–water partition coefficient (Wildman–Crippen LogP) is 2.11. The standard InChI is InChI=1S/C14H20ClNO2/c1-7(17)11-9-2-8-3-10(11)6-14(4-8,5-9)12(15)13(16)18/h8-12H,2-6H2,1H3,(H2,16,18). The van der Waals surface area contributed by atoms with Gasteiger partial charge in [0.1, 0.15) is 11.2 Å². The van der Waals surface area contributed by atoms with Crippen molar-refractivity contribution in [2.24, 2.45) is 34.8 Å². The monoisotopic (exact) mass is 269 g/mol. The van der Waals surface area contributed by atoms with Crippen molar-refractivity contribution in [3.05, 3.63) is 0 Å². The molecular weight excluding hydrogens is 250 g/mol. The third-order valence-corrected chi connectivity index (χ3v) is 6.26. The average molecular weight is 270 g/mol.